The van der Waals surface area contributed by atoms with Gasteiger partial charge in [-0.05, 0) is 53.5 Å². The molecule has 3 aromatic rings. The normalized spacial score (nSPS) is 15.8. The molecule has 1 aliphatic heterocycles. The Hall–Kier alpha value is -2.65. The summed E-state index contributed by atoms with van der Waals surface area (Å²) < 4.78 is 23.9. The van der Waals surface area contributed by atoms with Gasteiger partial charge in [-0.3, -0.25) is 9.80 Å². The number of rotatable bonds is 5. The number of carbonyl (C=O) groups is 1. The first-order valence-corrected chi connectivity index (χ1v) is 14.1. The lowest BCUT2D eigenvalue weighted by Gasteiger charge is -2.30. The SMILES string of the molecule is CC(C)(C)C1C=C(c2ccc(-c3cccc(S(C)(=O)=O)c3)s2)N(c2ccccc2Cl)N1.CNC=O. The van der Waals surface area contributed by atoms with Crippen molar-refractivity contribution in [2.24, 2.45) is 5.41 Å². The highest BCUT2D eigenvalue weighted by atomic mass is 35.5. The largest absolute Gasteiger partial charge is 0.362 e. The summed E-state index contributed by atoms with van der Waals surface area (Å²) in [5.74, 6) is 0. The molecule has 0 bridgehead atoms. The molecule has 1 aromatic heterocycles. The molecular formula is C26H30ClN3O3S2. The van der Waals surface area contributed by atoms with Crippen molar-refractivity contribution in [2.45, 2.75) is 31.7 Å². The first-order chi connectivity index (χ1) is 16.5. The first-order valence-electron chi connectivity index (χ1n) is 11.0. The Morgan fingerprint density at radius 1 is 1.06 bits per heavy atom. The van der Waals surface area contributed by atoms with Gasteiger partial charge in [-0.15, -0.1) is 11.3 Å². The van der Waals surface area contributed by atoms with E-state index in [1.807, 2.05) is 36.4 Å². The molecule has 0 saturated carbocycles. The zero-order valence-corrected chi connectivity index (χ0v) is 22.8. The Kier molecular flexibility index (Phi) is 8.43. The van der Waals surface area contributed by atoms with Gasteiger partial charge in [-0.25, -0.2) is 13.8 Å². The van der Waals surface area contributed by atoms with E-state index in [2.05, 4.69) is 48.7 Å². The van der Waals surface area contributed by atoms with Gasteiger partial charge in [0.05, 0.1) is 32.2 Å². The molecule has 1 amide bonds. The molecule has 35 heavy (non-hydrogen) atoms. The van der Waals surface area contributed by atoms with Crippen LogP contribution in [0.2, 0.25) is 5.02 Å². The average Bonchev–Trinajstić information content (AvgIpc) is 3.46. The van der Waals surface area contributed by atoms with Gasteiger partial charge >= 0.3 is 0 Å². The zero-order chi connectivity index (χ0) is 25.8. The van der Waals surface area contributed by atoms with Gasteiger partial charge in [-0.2, -0.15) is 0 Å². The number of sulfone groups is 1. The highest BCUT2D eigenvalue weighted by Gasteiger charge is 2.34. The number of hydrogen-bond acceptors (Lipinski definition) is 6. The van der Waals surface area contributed by atoms with Gasteiger partial charge in [0.15, 0.2) is 9.84 Å². The number of benzene rings is 2. The molecule has 186 valence electrons. The van der Waals surface area contributed by atoms with E-state index >= 15 is 0 Å². The van der Waals surface area contributed by atoms with Crippen LogP contribution in [0.15, 0.2) is 71.6 Å². The summed E-state index contributed by atoms with van der Waals surface area (Å²) in [5, 5.41) is 4.98. The van der Waals surface area contributed by atoms with E-state index < -0.39 is 9.84 Å². The highest BCUT2D eigenvalue weighted by Crippen LogP contribution is 2.41. The number of para-hydroxylation sites is 1. The van der Waals surface area contributed by atoms with Crippen LogP contribution >= 0.6 is 22.9 Å². The molecule has 9 heteroatoms. The van der Waals surface area contributed by atoms with E-state index in [9.17, 15) is 8.42 Å². The standard InChI is InChI=1S/C24H25ClN2O2S2.C2H5NO/c1-24(2,3)23-15-20(27(26-23)19-11-6-5-10-18(19)25)22-13-12-21(30-22)16-8-7-9-17(14-16)31(4,28)29;1-3-2-4/h5-15,23,26H,1-4H3;2H,1H3,(H,3,4). The van der Waals surface area contributed by atoms with Crippen LogP contribution in [0, 0.1) is 5.41 Å². The minimum atomic E-state index is -3.26. The molecular weight excluding hydrogens is 502 g/mol. The molecule has 2 aromatic carbocycles. The van der Waals surface area contributed by atoms with Gasteiger partial charge in [0, 0.05) is 18.2 Å². The predicted molar refractivity (Wildman–Crippen MR) is 146 cm³/mol. The lowest BCUT2D eigenvalue weighted by Crippen LogP contribution is -2.43. The van der Waals surface area contributed by atoms with Crippen molar-refractivity contribution in [3.05, 3.63) is 76.6 Å². The number of thiophene rings is 1. The molecule has 1 aliphatic rings. The van der Waals surface area contributed by atoms with Crippen LogP contribution in [0.4, 0.5) is 5.69 Å². The summed E-state index contributed by atoms with van der Waals surface area (Å²) in [7, 11) is -1.69. The Bertz CT molecular complexity index is 1330. The van der Waals surface area contributed by atoms with Crippen LogP contribution in [-0.4, -0.2) is 34.2 Å². The fraction of sp³-hybridized carbons (Fsp3) is 0.269. The second kappa shape index (κ2) is 11.0. The van der Waals surface area contributed by atoms with E-state index in [-0.39, 0.29) is 11.5 Å². The van der Waals surface area contributed by atoms with Crippen LogP contribution in [0.1, 0.15) is 25.6 Å². The third-order valence-electron chi connectivity index (χ3n) is 5.38. The predicted octanol–water partition coefficient (Wildman–Crippen LogP) is 5.61. The molecule has 2 heterocycles. The maximum atomic E-state index is 12.0. The lowest BCUT2D eigenvalue weighted by molar-refractivity contribution is -0.109. The Labute approximate surface area is 216 Å². The van der Waals surface area contributed by atoms with E-state index in [1.165, 1.54) is 6.26 Å². The molecule has 0 fully saturated rings. The number of halogens is 1. The van der Waals surface area contributed by atoms with Crippen molar-refractivity contribution in [1.82, 2.24) is 10.7 Å². The smallest absolute Gasteiger partial charge is 0.206 e. The Balaban J connectivity index is 0.000000795. The second-order valence-electron chi connectivity index (χ2n) is 9.18. The highest BCUT2D eigenvalue weighted by molar-refractivity contribution is 7.90. The van der Waals surface area contributed by atoms with E-state index in [4.69, 9.17) is 16.4 Å². The van der Waals surface area contributed by atoms with Crippen molar-refractivity contribution in [2.75, 3.05) is 18.3 Å². The number of amides is 1. The summed E-state index contributed by atoms with van der Waals surface area (Å²) >= 11 is 8.15. The maximum Gasteiger partial charge on any atom is 0.206 e. The van der Waals surface area contributed by atoms with Gasteiger partial charge in [-0.1, -0.05) is 56.6 Å². The number of carbonyl (C=O) groups excluding carboxylic acids is 1. The third kappa shape index (κ3) is 6.52. The van der Waals surface area contributed by atoms with E-state index in [0.29, 0.717) is 16.3 Å². The summed E-state index contributed by atoms with van der Waals surface area (Å²) in [6.07, 6.45) is 4.10. The van der Waals surface area contributed by atoms with E-state index in [1.54, 1.807) is 36.6 Å². The Morgan fingerprint density at radius 3 is 2.31 bits per heavy atom. The molecule has 1 unspecified atom stereocenters. The van der Waals surface area contributed by atoms with Crippen molar-refractivity contribution in [1.29, 1.82) is 0 Å². The van der Waals surface area contributed by atoms with Gasteiger partial charge in [0.1, 0.15) is 0 Å². The van der Waals surface area contributed by atoms with Crippen LogP contribution in [0.5, 0.6) is 0 Å². The number of hydrogen-bond donors (Lipinski definition) is 2. The van der Waals surface area contributed by atoms with Gasteiger partial charge < -0.3 is 5.32 Å². The molecule has 0 saturated heterocycles. The number of nitrogens with zero attached hydrogens (tertiary/aromatic N) is 1. The van der Waals surface area contributed by atoms with Crippen LogP contribution in [-0.2, 0) is 14.6 Å². The second-order valence-corrected chi connectivity index (χ2v) is 12.7. The van der Waals surface area contributed by atoms with Gasteiger partial charge in [0.25, 0.3) is 0 Å². The molecule has 2 N–H and O–H groups in total. The number of hydrazine groups is 1. The van der Waals surface area contributed by atoms with Crippen molar-refractivity contribution >= 4 is 50.6 Å². The van der Waals surface area contributed by atoms with Crippen molar-refractivity contribution in [3.63, 3.8) is 0 Å². The quantitative estimate of drug-likeness (QED) is 0.418. The van der Waals surface area contributed by atoms with Crippen molar-refractivity contribution < 1.29 is 13.2 Å². The minimum Gasteiger partial charge on any atom is -0.362 e. The summed E-state index contributed by atoms with van der Waals surface area (Å²) in [6.45, 7) is 6.60. The molecule has 6 nitrogen and oxygen atoms in total. The first kappa shape index (κ1) is 26.9. The molecule has 0 radical (unpaired) electrons. The molecule has 1 atom stereocenters. The molecule has 4 rings (SSSR count). The monoisotopic (exact) mass is 531 g/mol. The minimum absolute atomic E-state index is 0.0190. The number of nitrogens with one attached hydrogen (secondary N) is 2. The molecule has 0 aliphatic carbocycles. The van der Waals surface area contributed by atoms with Crippen LogP contribution in [0.25, 0.3) is 16.1 Å². The molecule has 0 spiro atoms. The van der Waals surface area contributed by atoms with Gasteiger partial charge in [0.2, 0.25) is 6.41 Å². The summed E-state index contributed by atoms with van der Waals surface area (Å²) in [4.78, 5) is 11.5. The summed E-state index contributed by atoms with van der Waals surface area (Å²) in [6, 6.07) is 19.1. The third-order valence-corrected chi connectivity index (χ3v) is 7.97. The Morgan fingerprint density at radius 2 is 1.71 bits per heavy atom. The fourth-order valence-electron chi connectivity index (χ4n) is 3.46. The van der Waals surface area contributed by atoms with Crippen LogP contribution < -0.4 is 15.8 Å². The van der Waals surface area contributed by atoms with Crippen molar-refractivity contribution in [3.8, 4) is 10.4 Å². The average molecular weight is 532 g/mol. The zero-order valence-electron chi connectivity index (χ0n) is 20.4. The fourth-order valence-corrected chi connectivity index (χ4v) is 5.36. The number of anilines is 1. The topological polar surface area (TPSA) is 78.5 Å². The summed E-state index contributed by atoms with van der Waals surface area (Å²) in [5.41, 5.74) is 6.45. The maximum absolute atomic E-state index is 12.0. The van der Waals surface area contributed by atoms with Crippen LogP contribution in [0.3, 0.4) is 0 Å². The lowest BCUT2D eigenvalue weighted by atomic mass is 9.87. The van der Waals surface area contributed by atoms with E-state index in [0.717, 1.165) is 26.7 Å².